The Balaban J connectivity index is 1.39. The number of carbonyl (C=O) groups excluding carboxylic acids is 2. The third-order valence-corrected chi connectivity index (χ3v) is 7.29. The van der Waals surface area contributed by atoms with Crippen LogP contribution < -0.4 is 0 Å². The van der Waals surface area contributed by atoms with Gasteiger partial charge in [0, 0.05) is 52.2 Å². The van der Waals surface area contributed by atoms with E-state index in [1.165, 1.54) is 17.7 Å². The van der Waals surface area contributed by atoms with Gasteiger partial charge in [0.15, 0.2) is 0 Å². The molecule has 4 rings (SSSR count). The fourth-order valence-corrected chi connectivity index (χ4v) is 5.44. The van der Waals surface area contributed by atoms with E-state index in [-0.39, 0.29) is 11.9 Å². The number of allylic oxidation sites excluding steroid dienone is 2. The summed E-state index contributed by atoms with van der Waals surface area (Å²) in [5.74, 6) is 0.702. The number of piperidine rings is 1. The molecule has 0 unspecified atom stereocenters. The summed E-state index contributed by atoms with van der Waals surface area (Å²) in [6.45, 7) is 4.19. The third kappa shape index (κ3) is 4.89. The first-order valence-electron chi connectivity index (χ1n) is 12.0. The Morgan fingerprint density at radius 3 is 2.72 bits per heavy atom. The van der Waals surface area contributed by atoms with Crippen LogP contribution in [0.25, 0.3) is 0 Å². The summed E-state index contributed by atoms with van der Waals surface area (Å²) in [4.78, 5) is 36.8. The van der Waals surface area contributed by atoms with E-state index in [4.69, 9.17) is 4.74 Å². The molecule has 1 aromatic rings. The van der Waals surface area contributed by atoms with Gasteiger partial charge in [-0.15, -0.1) is 0 Å². The second kappa shape index (κ2) is 10.6. The number of hydrogen-bond donors (Lipinski definition) is 0. The lowest BCUT2D eigenvalue weighted by Gasteiger charge is -2.43. The van der Waals surface area contributed by atoms with Crippen LogP contribution in [0.3, 0.4) is 0 Å². The Morgan fingerprint density at radius 1 is 1.19 bits per heavy atom. The molecule has 3 amide bonds. The van der Waals surface area contributed by atoms with E-state index in [2.05, 4.69) is 22.0 Å². The molecule has 1 atom stereocenters. The van der Waals surface area contributed by atoms with E-state index >= 15 is 0 Å². The first-order chi connectivity index (χ1) is 15.6. The molecule has 2 fully saturated rings. The van der Waals surface area contributed by atoms with Gasteiger partial charge in [0.05, 0.1) is 6.61 Å². The maximum absolute atomic E-state index is 13.6. The summed E-state index contributed by atoms with van der Waals surface area (Å²) in [7, 11) is 1.64. The van der Waals surface area contributed by atoms with Crippen LogP contribution in [0.4, 0.5) is 4.79 Å². The number of aryl methyl sites for hydroxylation is 1. The average Bonchev–Trinajstić information content (AvgIpc) is 3.01. The first kappa shape index (κ1) is 22.9. The predicted octanol–water partition coefficient (Wildman–Crippen LogP) is 3.12. The predicted molar refractivity (Wildman–Crippen MR) is 123 cm³/mol. The Labute approximate surface area is 191 Å². The number of ether oxygens (including phenoxy) is 1. The van der Waals surface area contributed by atoms with Gasteiger partial charge in [-0.2, -0.15) is 0 Å². The molecule has 0 N–H and O–H groups in total. The van der Waals surface area contributed by atoms with Crippen LogP contribution in [-0.2, 0) is 16.0 Å². The van der Waals surface area contributed by atoms with E-state index in [1.54, 1.807) is 13.3 Å². The van der Waals surface area contributed by atoms with Crippen molar-refractivity contribution in [2.75, 3.05) is 46.4 Å². The molecule has 7 nitrogen and oxygen atoms in total. The van der Waals surface area contributed by atoms with Crippen molar-refractivity contribution in [3.63, 3.8) is 0 Å². The molecule has 3 aliphatic rings. The summed E-state index contributed by atoms with van der Waals surface area (Å²) in [6, 6.07) is 3.80. The number of pyridine rings is 1. The highest BCUT2D eigenvalue weighted by atomic mass is 16.5. The number of rotatable bonds is 9. The molecule has 0 bridgehead atoms. The zero-order chi connectivity index (χ0) is 22.4. The van der Waals surface area contributed by atoms with Crippen molar-refractivity contribution in [2.24, 2.45) is 5.92 Å². The normalized spacial score (nSPS) is 23.5. The van der Waals surface area contributed by atoms with E-state index in [0.717, 1.165) is 44.5 Å². The number of carbonyl (C=O) groups is 2. The van der Waals surface area contributed by atoms with Gasteiger partial charge in [0.2, 0.25) is 0 Å². The summed E-state index contributed by atoms with van der Waals surface area (Å²) in [6.07, 6.45) is 14.7. The highest BCUT2D eigenvalue weighted by Crippen LogP contribution is 2.38. The lowest BCUT2D eigenvalue weighted by molar-refractivity contribution is -0.136. The Morgan fingerprint density at radius 2 is 2.03 bits per heavy atom. The number of methoxy groups -OCH3 is 1. The first-order valence-corrected chi connectivity index (χ1v) is 12.0. The SMILES string of the molecule is COCCN1C(=O)N(CCCc2cccnc2)C(=O)C12CCN(C[C@H]1CC=CCC1)CC2. The van der Waals surface area contributed by atoms with E-state index in [1.807, 2.05) is 23.2 Å². The smallest absolute Gasteiger partial charge is 0.327 e. The summed E-state index contributed by atoms with van der Waals surface area (Å²) in [5.41, 5.74) is 0.427. The number of urea groups is 1. The summed E-state index contributed by atoms with van der Waals surface area (Å²) < 4.78 is 5.27. The van der Waals surface area contributed by atoms with Gasteiger partial charge in [-0.25, -0.2) is 4.79 Å². The molecule has 1 aromatic heterocycles. The van der Waals surface area contributed by atoms with Crippen molar-refractivity contribution in [2.45, 2.75) is 50.5 Å². The van der Waals surface area contributed by atoms with E-state index in [0.29, 0.717) is 38.5 Å². The van der Waals surface area contributed by atoms with Crippen LogP contribution in [0.2, 0.25) is 0 Å². The van der Waals surface area contributed by atoms with Crippen LogP contribution in [0.15, 0.2) is 36.7 Å². The molecule has 7 heteroatoms. The lowest BCUT2D eigenvalue weighted by atomic mass is 9.84. The Hall–Kier alpha value is -2.25. The van der Waals surface area contributed by atoms with Crippen LogP contribution >= 0.6 is 0 Å². The van der Waals surface area contributed by atoms with Gasteiger partial charge < -0.3 is 14.5 Å². The quantitative estimate of drug-likeness (QED) is 0.436. The zero-order valence-electron chi connectivity index (χ0n) is 19.2. The topological polar surface area (TPSA) is 66.0 Å². The number of nitrogens with zero attached hydrogens (tertiary/aromatic N) is 4. The highest BCUT2D eigenvalue weighted by molar-refractivity contribution is 6.07. The highest BCUT2D eigenvalue weighted by Gasteiger charge is 2.57. The van der Waals surface area contributed by atoms with Crippen LogP contribution in [0.1, 0.15) is 44.1 Å². The number of hydrogen-bond acceptors (Lipinski definition) is 5. The second-order valence-electron chi connectivity index (χ2n) is 9.33. The van der Waals surface area contributed by atoms with E-state index in [9.17, 15) is 9.59 Å². The zero-order valence-corrected chi connectivity index (χ0v) is 19.2. The van der Waals surface area contributed by atoms with Crippen molar-refractivity contribution < 1.29 is 14.3 Å². The number of aromatic nitrogens is 1. The lowest BCUT2D eigenvalue weighted by Crippen LogP contribution is -2.57. The van der Waals surface area contributed by atoms with Gasteiger partial charge in [-0.05, 0) is 62.5 Å². The number of likely N-dealkylation sites (tertiary alicyclic amines) is 1. The molecule has 2 aliphatic heterocycles. The minimum atomic E-state index is -0.702. The van der Waals surface area contributed by atoms with Crippen LogP contribution in [0, 0.1) is 5.92 Å². The van der Waals surface area contributed by atoms with Gasteiger partial charge in [-0.3, -0.25) is 14.7 Å². The fourth-order valence-electron chi connectivity index (χ4n) is 5.44. The summed E-state index contributed by atoms with van der Waals surface area (Å²) in [5, 5.41) is 0. The monoisotopic (exact) mass is 440 g/mol. The Kier molecular flexibility index (Phi) is 7.58. The molecular weight excluding hydrogens is 404 g/mol. The molecule has 1 aliphatic carbocycles. The van der Waals surface area contributed by atoms with Crippen molar-refractivity contribution in [1.82, 2.24) is 19.7 Å². The molecule has 0 radical (unpaired) electrons. The Bertz CT molecular complexity index is 805. The molecule has 0 aromatic carbocycles. The molecule has 0 saturated carbocycles. The van der Waals surface area contributed by atoms with Crippen molar-refractivity contribution in [1.29, 1.82) is 0 Å². The summed E-state index contributed by atoms with van der Waals surface area (Å²) >= 11 is 0. The fraction of sp³-hybridized carbons (Fsp3) is 0.640. The van der Waals surface area contributed by atoms with Crippen molar-refractivity contribution in [3.8, 4) is 0 Å². The van der Waals surface area contributed by atoms with Gasteiger partial charge in [0.1, 0.15) is 5.54 Å². The van der Waals surface area contributed by atoms with Crippen molar-refractivity contribution in [3.05, 3.63) is 42.2 Å². The molecule has 2 saturated heterocycles. The average molecular weight is 441 g/mol. The maximum atomic E-state index is 13.6. The molecular formula is C25H36N4O3. The van der Waals surface area contributed by atoms with Gasteiger partial charge >= 0.3 is 6.03 Å². The van der Waals surface area contributed by atoms with Crippen LogP contribution in [-0.4, -0.2) is 83.6 Å². The van der Waals surface area contributed by atoms with Crippen molar-refractivity contribution >= 4 is 11.9 Å². The van der Waals surface area contributed by atoms with Gasteiger partial charge in [0.25, 0.3) is 5.91 Å². The molecule has 174 valence electrons. The minimum Gasteiger partial charge on any atom is -0.383 e. The van der Waals surface area contributed by atoms with E-state index < -0.39 is 5.54 Å². The minimum absolute atomic E-state index is 0.00922. The molecule has 1 spiro atoms. The molecule has 3 heterocycles. The number of amides is 3. The second-order valence-corrected chi connectivity index (χ2v) is 9.33. The maximum Gasteiger partial charge on any atom is 0.327 e. The number of imide groups is 1. The standard InChI is InChI=1S/C25H36N4O3/c1-32-18-17-29-24(31)28(14-6-10-21-9-5-13-26-19-21)23(30)25(29)11-15-27(16-12-25)20-22-7-3-2-4-8-22/h2-3,5,9,13,19,22H,4,6-8,10-12,14-18,20H2,1H3/t22-/m0/s1. The van der Waals surface area contributed by atoms with Crippen LogP contribution in [0.5, 0.6) is 0 Å². The van der Waals surface area contributed by atoms with Gasteiger partial charge in [-0.1, -0.05) is 18.2 Å². The third-order valence-electron chi connectivity index (χ3n) is 7.29. The largest absolute Gasteiger partial charge is 0.383 e. The molecule has 32 heavy (non-hydrogen) atoms.